The van der Waals surface area contributed by atoms with Crippen LogP contribution in [0.1, 0.15) is 24.3 Å². The zero-order valence-electron chi connectivity index (χ0n) is 9.43. The molecule has 1 aliphatic heterocycles. The van der Waals surface area contributed by atoms with Crippen LogP contribution in [0.3, 0.4) is 0 Å². The normalized spacial score (nSPS) is 18.8. The quantitative estimate of drug-likeness (QED) is 0.869. The van der Waals surface area contributed by atoms with Crippen LogP contribution in [0.25, 0.3) is 11.1 Å². The molecule has 0 radical (unpaired) electrons. The monoisotopic (exact) mass is 265 g/mol. The van der Waals surface area contributed by atoms with E-state index in [2.05, 4.69) is 4.98 Å². The van der Waals surface area contributed by atoms with E-state index in [0.29, 0.717) is 11.1 Å². The molecule has 0 spiro atoms. The van der Waals surface area contributed by atoms with Gasteiger partial charge in [-0.1, -0.05) is 0 Å². The lowest BCUT2D eigenvalue weighted by Gasteiger charge is -2.23. The third-order valence-corrected chi connectivity index (χ3v) is 4.25. The Hall–Kier alpha value is -1.69. The number of aromatic amines is 1. The zero-order valence-corrected chi connectivity index (χ0v) is 10.3. The lowest BCUT2D eigenvalue weighted by molar-refractivity contribution is -0.137. The summed E-state index contributed by atoms with van der Waals surface area (Å²) in [5, 5.41) is 8.96. The van der Waals surface area contributed by atoms with E-state index >= 15 is 0 Å². The largest absolute Gasteiger partial charge is 0.481 e. The molecule has 94 valence electrons. The Balaban J connectivity index is 2.20. The molecule has 6 heteroatoms. The van der Waals surface area contributed by atoms with Crippen molar-refractivity contribution in [2.75, 3.05) is 5.75 Å². The molecule has 2 N–H and O–H groups in total. The van der Waals surface area contributed by atoms with E-state index in [0.717, 1.165) is 22.6 Å². The number of aliphatic carboxylic acids is 1. The number of hydrogen-bond acceptors (Lipinski definition) is 4. The van der Waals surface area contributed by atoms with Gasteiger partial charge in [-0.2, -0.15) is 0 Å². The van der Waals surface area contributed by atoms with Crippen molar-refractivity contribution in [1.29, 1.82) is 0 Å². The number of fused-ring (bicyclic) bond motifs is 3. The lowest BCUT2D eigenvalue weighted by Crippen LogP contribution is -2.12. The van der Waals surface area contributed by atoms with Crippen LogP contribution in [0.4, 0.5) is 0 Å². The Labute approximate surface area is 106 Å². The summed E-state index contributed by atoms with van der Waals surface area (Å²) in [4.78, 5) is 25.8. The summed E-state index contributed by atoms with van der Waals surface area (Å²) in [5.74, 6) is -0.511. The lowest BCUT2D eigenvalue weighted by atomic mass is 9.92. The maximum absolute atomic E-state index is 11.3. The first kappa shape index (κ1) is 11.4. The van der Waals surface area contributed by atoms with E-state index in [1.807, 2.05) is 6.07 Å². The Bertz CT molecular complexity index is 672. The van der Waals surface area contributed by atoms with Crippen LogP contribution in [-0.4, -0.2) is 21.8 Å². The van der Waals surface area contributed by atoms with Crippen LogP contribution in [0.5, 0.6) is 0 Å². The number of rotatable bonds is 2. The smallest absolute Gasteiger partial charge is 0.417 e. The van der Waals surface area contributed by atoms with E-state index < -0.39 is 11.7 Å². The summed E-state index contributed by atoms with van der Waals surface area (Å²) >= 11 is 1.67. The van der Waals surface area contributed by atoms with Crippen molar-refractivity contribution in [2.24, 2.45) is 0 Å². The first-order valence-electron chi connectivity index (χ1n) is 5.65. The van der Waals surface area contributed by atoms with Gasteiger partial charge in [0.25, 0.3) is 0 Å². The summed E-state index contributed by atoms with van der Waals surface area (Å²) in [6, 6.07) is 3.72. The van der Waals surface area contributed by atoms with Crippen molar-refractivity contribution >= 4 is 28.8 Å². The minimum Gasteiger partial charge on any atom is -0.481 e. The summed E-state index contributed by atoms with van der Waals surface area (Å²) in [6.45, 7) is 0. The van der Waals surface area contributed by atoms with Crippen molar-refractivity contribution in [1.82, 2.24) is 4.98 Å². The summed E-state index contributed by atoms with van der Waals surface area (Å²) in [5.41, 5.74) is 2.01. The van der Waals surface area contributed by atoms with Gasteiger partial charge in [0.1, 0.15) is 0 Å². The number of H-pyrrole nitrogens is 1. The maximum Gasteiger partial charge on any atom is 0.417 e. The number of thioether (sulfide) groups is 1. The van der Waals surface area contributed by atoms with Gasteiger partial charge >= 0.3 is 11.7 Å². The second-order valence-corrected chi connectivity index (χ2v) is 5.44. The predicted octanol–water partition coefficient (Wildman–Crippen LogP) is 2.18. The minimum absolute atomic E-state index is 0.0710. The Morgan fingerprint density at radius 2 is 2.39 bits per heavy atom. The molecular weight excluding hydrogens is 254 g/mol. The second kappa shape index (κ2) is 4.20. The first-order valence-corrected chi connectivity index (χ1v) is 6.64. The molecule has 1 atom stereocenters. The number of hydrogen-bond donors (Lipinski definition) is 2. The molecular formula is C12H11NO4S. The molecule has 2 heterocycles. The van der Waals surface area contributed by atoms with Gasteiger partial charge in [0.2, 0.25) is 0 Å². The molecule has 18 heavy (non-hydrogen) atoms. The van der Waals surface area contributed by atoms with E-state index in [4.69, 9.17) is 9.52 Å². The van der Waals surface area contributed by atoms with E-state index in [9.17, 15) is 9.59 Å². The van der Waals surface area contributed by atoms with Crippen LogP contribution in [0.2, 0.25) is 0 Å². The topological polar surface area (TPSA) is 83.3 Å². The highest BCUT2D eigenvalue weighted by Crippen LogP contribution is 2.42. The van der Waals surface area contributed by atoms with Gasteiger partial charge in [-0.3, -0.25) is 9.78 Å². The molecule has 0 fully saturated rings. The molecule has 0 saturated heterocycles. The molecule has 0 bridgehead atoms. The van der Waals surface area contributed by atoms with Gasteiger partial charge in [-0.25, -0.2) is 4.79 Å². The Morgan fingerprint density at radius 3 is 3.17 bits per heavy atom. The van der Waals surface area contributed by atoms with E-state index in [1.165, 1.54) is 0 Å². The highest BCUT2D eigenvalue weighted by atomic mass is 32.2. The standard InChI is InChI=1S/C12H11NO4S/c14-9(15)5-6-3-4-18-8-2-1-7-11(10(6)8)17-12(16)13-7/h1-2,6H,3-5H2,(H,13,16)(H,14,15). The van der Waals surface area contributed by atoms with Gasteiger partial charge in [0.05, 0.1) is 11.9 Å². The SMILES string of the molecule is O=C(O)CC1CCSc2ccc3[nH]c(=O)oc3c21. The number of carbonyl (C=O) groups is 1. The zero-order chi connectivity index (χ0) is 12.7. The van der Waals surface area contributed by atoms with Gasteiger partial charge in [-0.15, -0.1) is 11.8 Å². The van der Waals surface area contributed by atoms with Crippen LogP contribution in [-0.2, 0) is 4.79 Å². The number of nitrogens with one attached hydrogen (secondary N) is 1. The van der Waals surface area contributed by atoms with Crippen LogP contribution >= 0.6 is 11.8 Å². The highest BCUT2D eigenvalue weighted by Gasteiger charge is 2.27. The number of benzene rings is 1. The summed E-state index contributed by atoms with van der Waals surface area (Å²) in [7, 11) is 0. The maximum atomic E-state index is 11.3. The summed E-state index contributed by atoms with van der Waals surface area (Å²) in [6.07, 6.45) is 0.861. The average Bonchev–Trinajstić information content (AvgIpc) is 2.68. The van der Waals surface area contributed by atoms with Crippen LogP contribution < -0.4 is 5.76 Å². The fraction of sp³-hybridized carbons (Fsp3) is 0.333. The van der Waals surface area contributed by atoms with Gasteiger partial charge < -0.3 is 9.52 Å². The van der Waals surface area contributed by atoms with Crippen molar-refractivity contribution in [3.05, 3.63) is 28.2 Å². The number of oxazole rings is 1. The predicted molar refractivity (Wildman–Crippen MR) is 67.2 cm³/mol. The highest BCUT2D eigenvalue weighted by molar-refractivity contribution is 7.99. The van der Waals surface area contributed by atoms with Gasteiger partial charge in [-0.05, 0) is 30.2 Å². The Morgan fingerprint density at radius 1 is 1.56 bits per heavy atom. The summed E-state index contributed by atoms with van der Waals surface area (Å²) < 4.78 is 5.16. The molecule has 1 aliphatic rings. The van der Waals surface area contributed by atoms with Crippen molar-refractivity contribution in [3.8, 4) is 0 Å². The van der Waals surface area contributed by atoms with Gasteiger partial charge in [0, 0.05) is 10.5 Å². The fourth-order valence-electron chi connectivity index (χ4n) is 2.40. The first-order chi connectivity index (χ1) is 8.65. The van der Waals surface area contributed by atoms with Crippen LogP contribution in [0.15, 0.2) is 26.2 Å². The van der Waals surface area contributed by atoms with Crippen LogP contribution in [0, 0.1) is 0 Å². The number of aromatic nitrogens is 1. The molecule has 0 aliphatic carbocycles. The van der Waals surface area contributed by atoms with E-state index in [1.54, 1.807) is 17.8 Å². The number of carboxylic acid groups (broad SMARTS) is 1. The van der Waals surface area contributed by atoms with Crippen molar-refractivity contribution in [2.45, 2.75) is 23.7 Å². The van der Waals surface area contributed by atoms with E-state index in [-0.39, 0.29) is 12.3 Å². The molecule has 5 nitrogen and oxygen atoms in total. The molecule has 2 aromatic rings. The molecule has 3 rings (SSSR count). The Kier molecular flexibility index (Phi) is 2.66. The third kappa shape index (κ3) is 1.82. The molecule has 1 aromatic heterocycles. The third-order valence-electron chi connectivity index (χ3n) is 3.14. The second-order valence-electron chi connectivity index (χ2n) is 4.30. The molecule has 0 amide bonds. The number of carboxylic acids is 1. The molecule has 1 aromatic carbocycles. The molecule has 1 unspecified atom stereocenters. The fourth-order valence-corrected chi connectivity index (χ4v) is 3.60. The van der Waals surface area contributed by atoms with Crippen molar-refractivity contribution < 1.29 is 14.3 Å². The van der Waals surface area contributed by atoms with Crippen molar-refractivity contribution in [3.63, 3.8) is 0 Å². The van der Waals surface area contributed by atoms with Gasteiger partial charge in [0.15, 0.2) is 5.58 Å². The average molecular weight is 265 g/mol. The minimum atomic E-state index is -0.826. The molecule has 0 saturated carbocycles.